The molecule has 2 aromatic heterocycles. The van der Waals surface area contributed by atoms with E-state index in [4.69, 9.17) is 15.6 Å². The summed E-state index contributed by atoms with van der Waals surface area (Å²) in [6, 6.07) is 8.20. The molecule has 1 aromatic carbocycles. The molecule has 0 unspecified atom stereocenters. The highest BCUT2D eigenvalue weighted by atomic mass is 19.4. The zero-order valence-corrected chi connectivity index (χ0v) is 22.2. The smallest absolute Gasteiger partial charge is 0.433 e. The maximum atomic E-state index is 13.1. The molecule has 0 aliphatic rings. The van der Waals surface area contributed by atoms with E-state index in [0.717, 1.165) is 18.2 Å². The second kappa shape index (κ2) is 14.9. The summed E-state index contributed by atoms with van der Waals surface area (Å²) in [7, 11) is 0. The number of amides is 1. The number of hydrogen-bond acceptors (Lipinski definition) is 8. The van der Waals surface area contributed by atoms with Crippen LogP contribution in [-0.2, 0) is 35.3 Å². The number of alkyl halides is 3. The van der Waals surface area contributed by atoms with Gasteiger partial charge in [0.15, 0.2) is 0 Å². The number of carbonyl (C=O) groups is 3. The third-order valence-corrected chi connectivity index (χ3v) is 5.90. The van der Waals surface area contributed by atoms with E-state index in [0.29, 0.717) is 32.4 Å². The number of nitrogens with one attached hydrogen (secondary N) is 1. The van der Waals surface area contributed by atoms with Crippen LogP contribution in [0.4, 0.5) is 13.2 Å². The molecule has 0 aliphatic heterocycles. The topological polar surface area (TPSA) is 162 Å². The van der Waals surface area contributed by atoms with Gasteiger partial charge in [-0.05, 0) is 55.5 Å². The standard InChI is InChI=1S/C27H31F3N6O5/c28-27(29,30)23-13-18(16-31)14-24(33-23)41-22-8-3-5-19(15-22)26(40)32-11-2-1-6-20-17-36(35-34-20)12-4-7-21(37)9-10-25(38)39/h3,5,8,13-15,17H,1-2,4,6-7,9-12,16,31H2,(H,32,40)(H,38,39). The first-order valence-electron chi connectivity index (χ1n) is 13.0. The Morgan fingerprint density at radius 1 is 1.05 bits per heavy atom. The zero-order valence-electron chi connectivity index (χ0n) is 22.2. The molecule has 220 valence electrons. The van der Waals surface area contributed by atoms with Gasteiger partial charge < -0.3 is 20.9 Å². The average Bonchev–Trinajstić information content (AvgIpc) is 3.38. The van der Waals surface area contributed by atoms with Crippen LogP contribution in [0.25, 0.3) is 0 Å². The van der Waals surface area contributed by atoms with Gasteiger partial charge in [-0.3, -0.25) is 19.1 Å². The molecule has 14 heteroatoms. The van der Waals surface area contributed by atoms with Crippen molar-refractivity contribution >= 4 is 17.7 Å². The summed E-state index contributed by atoms with van der Waals surface area (Å²) in [4.78, 5) is 38.2. The summed E-state index contributed by atoms with van der Waals surface area (Å²) < 4.78 is 46.5. The Morgan fingerprint density at radius 3 is 2.59 bits per heavy atom. The second-order valence-electron chi connectivity index (χ2n) is 9.25. The van der Waals surface area contributed by atoms with Gasteiger partial charge in [0.2, 0.25) is 5.88 Å². The molecule has 11 nitrogen and oxygen atoms in total. The minimum atomic E-state index is -4.66. The number of nitrogens with two attached hydrogens (primary N) is 1. The van der Waals surface area contributed by atoms with Crippen molar-refractivity contribution in [3.63, 3.8) is 0 Å². The number of ether oxygens (including phenoxy) is 1. The van der Waals surface area contributed by atoms with E-state index >= 15 is 0 Å². The molecular weight excluding hydrogens is 545 g/mol. The van der Waals surface area contributed by atoms with Crippen molar-refractivity contribution in [1.29, 1.82) is 0 Å². The molecule has 0 bridgehead atoms. The molecule has 3 aromatic rings. The van der Waals surface area contributed by atoms with Crippen molar-refractivity contribution in [1.82, 2.24) is 25.3 Å². The predicted octanol–water partition coefficient (Wildman–Crippen LogP) is 3.91. The summed E-state index contributed by atoms with van der Waals surface area (Å²) >= 11 is 0. The SMILES string of the molecule is NCc1cc(Oc2cccc(C(=O)NCCCCc3cn(CCCC(=O)CCC(=O)O)nn3)c2)nc(C(F)(F)F)c1. The zero-order chi connectivity index (χ0) is 29.8. The highest BCUT2D eigenvalue weighted by Gasteiger charge is 2.33. The van der Waals surface area contributed by atoms with Crippen molar-refractivity contribution in [2.24, 2.45) is 5.73 Å². The summed E-state index contributed by atoms with van der Waals surface area (Å²) in [5, 5.41) is 19.5. The quantitative estimate of drug-likeness (QED) is 0.215. The summed E-state index contributed by atoms with van der Waals surface area (Å²) in [6.45, 7) is 0.775. The number of carboxylic acids is 1. The number of aryl methyl sites for hydroxylation is 2. The van der Waals surface area contributed by atoms with Crippen LogP contribution in [0.15, 0.2) is 42.6 Å². The number of pyridine rings is 1. The van der Waals surface area contributed by atoms with Gasteiger partial charge in [-0.15, -0.1) is 5.10 Å². The number of aliphatic carboxylic acids is 1. The Labute approximate surface area is 233 Å². The number of hydrogen-bond donors (Lipinski definition) is 3. The number of unbranched alkanes of at least 4 members (excludes halogenated alkanes) is 1. The number of rotatable bonds is 16. The molecule has 1 amide bonds. The number of nitrogens with zero attached hydrogens (tertiary/aromatic N) is 4. The molecule has 0 saturated carbocycles. The van der Waals surface area contributed by atoms with Crippen molar-refractivity contribution in [3.05, 3.63) is 65.1 Å². The van der Waals surface area contributed by atoms with Gasteiger partial charge >= 0.3 is 12.1 Å². The lowest BCUT2D eigenvalue weighted by atomic mass is 10.1. The van der Waals surface area contributed by atoms with E-state index in [2.05, 4.69) is 20.6 Å². The Bertz CT molecular complexity index is 1340. The maximum absolute atomic E-state index is 13.1. The number of Topliss-reactive ketones (excluding diaryl/α,β-unsaturated/α-hetero) is 1. The number of carbonyl (C=O) groups excluding carboxylic acids is 2. The normalized spacial score (nSPS) is 11.3. The summed E-state index contributed by atoms with van der Waals surface area (Å²) in [5.74, 6) is -1.57. The minimum Gasteiger partial charge on any atom is -0.481 e. The van der Waals surface area contributed by atoms with E-state index in [9.17, 15) is 27.6 Å². The van der Waals surface area contributed by atoms with Crippen molar-refractivity contribution in [3.8, 4) is 11.6 Å². The van der Waals surface area contributed by atoms with Crippen molar-refractivity contribution in [2.75, 3.05) is 6.54 Å². The van der Waals surface area contributed by atoms with Gasteiger partial charge in [0.25, 0.3) is 5.91 Å². The first-order valence-corrected chi connectivity index (χ1v) is 13.0. The van der Waals surface area contributed by atoms with Gasteiger partial charge in [-0.2, -0.15) is 13.2 Å². The van der Waals surface area contributed by atoms with Crippen LogP contribution in [0.5, 0.6) is 11.6 Å². The fourth-order valence-electron chi connectivity index (χ4n) is 3.80. The third kappa shape index (κ3) is 10.6. The molecule has 41 heavy (non-hydrogen) atoms. The lowest BCUT2D eigenvalue weighted by Gasteiger charge is -2.12. The predicted molar refractivity (Wildman–Crippen MR) is 140 cm³/mol. The van der Waals surface area contributed by atoms with Crippen LogP contribution >= 0.6 is 0 Å². The molecule has 0 fully saturated rings. The Kier molecular flexibility index (Phi) is 11.3. The highest BCUT2D eigenvalue weighted by Crippen LogP contribution is 2.31. The van der Waals surface area contributed by atoms with Gasteiger partial charge in [0.1, 0.15) is 17.2 Å². The number of aromatic nitrogens is 4. The van der Waals surface area contributed by atoms with E-state index in [1.807, 2.05) is 0 Å². The average molecular weight is 577 g/mol. The Balaban J connectivity index is 1.40. The van der Waals surface area contributed by atoms with Crippen molar-refractivity contribution < 1.29 is 37.4 Å². The van der Waals surface area contributed by atoms with Gasteiger partial charge in [-0.25, -0.2) is 4.98 Å². The fourth-order valence-corrected chi connectivity index (χ4v) is 3.80. The second-order valence-corrected chi connectivity index (χ2v) is 9.25. The molecule has 0 aliphatic carbocycles. The van der Waals surface area contributed by atoms with Crippen LogP contribution in [0.2, 0.25) is 0 Å². The largest absolute Gasteiger partial charge is 0.481 e. The molecule has 0 atom stereocenters. The van der Waals surface area contributed by atoms with Gasteiger partial charge in [-0.1, -0.05) is 11.3 Å². The molecule has 0 saturated heterocycles. The van der Waals surface area contributed by atoms with E-state index in [1.165, 1.54) is 18.2 Å². The minimum absolute atomic E-state index is 0.0288. The molecule has 3 rings (SSSR count). The van der Waals surface area contributed by atoms with Crippen LogP contribution < -0.4 is 15.8 Å². The van der Waals surface area contributed by atoms with Gasteiger partial charge in [0.05, 0.1) is 12.1 Å². The first-order chi connectivity index (χ1) is 19.5. The molecule has 0 radical (unpaired) electrons. The molecule has 2 heterocycles. The third-order valence-electron chi connectivity index (χ3n) is 5.90. The molecule has 0 spiro atoms. The van der Waals surface area contributed by atoms with E-state index < -0.39 is 17.8 Å². The highest BCUT2D eigenvalue weighted by molar-refractivity contribution is 5.94. The maximum Gasteiger partial charge on any atom is 0.433 e. The van der Waals surface area contributed by atoms with Crippen LogP contribution in [0.3, 0.4) is 0 Å². The summed E-state index contributed by atoms with van der Waals surface area (Å²) in [6.07, 6.45) is -0.115. The van der Waals surface area contributed by atoms with Crippen LogP contribution in [-0.4, -0.2) is 49.3 Å². The van der Waals surface area contributed by atoms with Gasteiger partial charge in [0, 0.05) is 50.3 Å². The van der Waals surface area contributed by atoms with Crippen LogP contribution in [0, 0.1) is 0 Å². The monoisotopic (exact) mass is 576 g/mol. The molecule has 4 N–H and O–H groups in total. The Morgan fingerprint density at radius 2 is 1.85 bits per heavy atom. The number of ketones is 1. The number of benzene rings is 1. The lowest BCUT2D eigenvalue weighted by Crippen LogP contribution is -2.24. The summed E-state index contributed by atoms with van der Waals surface area (Å²) in [5.41, 5.74) is 5.64. The fraction of sp³-hybridized carbons (Fsp3) is 0.407. The Hall–Kier alpha value is -4.33. The van der Waals surface area contributed by atoms with E-state index in [-0.39, 0.29) is 60.3 Å². The number of carboxylic acid groups (broad SMARTS) is 1. The number of halogens is 3. The van der Waals surface area contributed by atoms with Crippen molar-refractivity contribution in [2.45, 2.75) is 64.2 Å². The van der Waals surface area contributed by atoms with Crippen LogP contribution in [0.1, 0.15) is 65.8 Å². The lowest BCUT2D eigenvalue weighted by molar-refractivity contribution is -0.141. The first kappa shape index (κ1) is 31.2. The van der Waals surface area contributed by atoms with E-state index in [1.54, 1.807) is 23.0 Å². The molecular formula is C27H31F3N6O5.